The van der Waals surface area contributed by atoms with E-state index in [0.717, 1.165) is 13.0 Å². The molecule has 0 bridgehead atoms. The summed E-state index contributed by atoms with van der Waals surface area (Å²) in [7, 11) is 0. The molecule has 2 rings (SSSR count). The number of hydrogen-bond donors (Lipinski definition) is 1. The van der Waals surface area contributed by atoms with E-state index in [-0.39, 0.29) is 0 Å². The van der Waals surface area contributed by atoms with Crippen LogP contribution in [0.4, 0.5) is 0 Å². The van der Waals surface area contributed by atoms with Crippen LogP contribution in [0.1, 0.15) is 24.8 Å². The third-order valence-corrected chi connectivity index (χ3v) is 4.29. The van der Waals surface area contributed by atoms with E-state index < -0.39 is 0 Å². The van der Waals surface area contributed by atoms with Crippen LogP contribution in [0.2, 0.25) is 0 Å². The van der Waals surface area contributed by atoms with E-state index in [2.05, 4.69) is 30.5 Å². The van der Waals surface area contributed by atoms with E-state index in [1.54, 1.807) is 0 Å². The molecule has 0 radical (unpaired) electrons. The van der Waals surface area contributed by atoms with Crippen LogP contribution < -0.4 is 5.73 Å². The molecule has 1 nitrogen and oxygen atoms in total. The molecule has 2 heteroatoms. The highest BCUT2D eigenvalue weighted by Crippen LogP contribution is 2.42. The first-order valence-electron chi connectivity index (χ1n) is 5.61. The Morgan fingerprint density at radius 3 is 2.73 bits per heavy atom. The van der Waals surface area contributed by atoms with Crippen molar-refractivity contribution in [3.8, 4) is 0 Å². The van der Waals surface area contributed by atoms with Crippen LogP contribution in [0.5, 0.6) is 0 Å². The summed E-state index contributed by atoms with van der Waals surface area (Å²) in [6, 6.07) is 8.87. The molecule has 1 aromatic rings. The van der Waals surface area contributed by atoms with Crippen molar-refractivity contribution in [3.63, 3.8) is 0 Å². The highest BCUT2D eigenvalue weighted by atomic mass is 32.2. The monoisotopic (exact) mass is 221 g/mol. The van der Waals surface area contributed by atoms with Crippen LogP contribution in [0.25, 0.3) is 0 Å². The van der Waals surface area contributed by atoms with Crippen LogP contribution in [-0.4, -0.2) is 12.8 Å². The summed E-state index contributed by atoms with van der Waals surface area (Å²) < 4.78 is 0. The molecule has 0 unspecified atom stereocenters. The van der Waals surface area contributed by atoms with Crippen molar-refractivity contribution in [2.45, 2.75) is 30.6 Å². The molecule has 1 saturated carbocycles. The molecule has 0 saturated heterocycles. The molecule has 0 heterocycles. The third kappa shape index (κ3) is 2.37. The van der Waals surface area contributed by atoms with E-state index in [1.165, 1.54) is 29.7 Å². The SMILES string of the molecule is CSc1cccc(CC2(CN)CCC2)c1. The number of hydrogen-bond acceptors (Lipinski definition) is 2. The van der Waals surface area contributed by atoms with Gasteiger partial charge >= 0.3 is 0 Å². The lowest BCUT2D eigenvalue weighted by Gasteiger charge is -2.41. The Morgan fingerprint density at radius 1 is 1.40 bits per heavy atom. The third-order valence-electron chi connectivity index (χ3n) is 3.56. The van der Waals surface area contributed by atoms with Crippen molar-refractivity contribution in [3.05, 3.63) is 29.8 Å². The molecule has 0 atom stereocenters. The van der Waals surface area contributed by atoms with Gasteiger partial charge in [0, 0.05) is 4.90 Å². The first-order chi connectivity index (χ1) is 7.28. The average Bonchev–Trinajstić information content (AvgIpc) is 2.24. The number of nitrogens with two attached hydrogens (primary N) is 1. The lowest BCUT2D eigenvalue weighted by Crippen LogP contribution is -2.39. The normalized spacial score (nSPS) is 18.5. The summed E-state index contributed by atoms with van der Waals surface area (Å²) in [6.45, 7) is 0.844. The predicted molar refractivity (Wildman–Crippen MR) is 67.3 cm³/mol. The minimum atomic E-state index is 0.428. The molecule has 82 valence electrons. The average molecular weight is 221 g/mol. The van der Waals surface area contributed by atoms with Gasteiger partial charge in [-0.2, -0.15) is 0 Å². The molecule has 1 aromatic carbocycles. The minimum absolute atomic E-state index is 0.428. The van der Waals surface area contributed by atoms with Crippen LogP contribution in [-0.2, 0) is 6.42 Å². The van der Waals surface area contributed by atoms with Crippen LogP contribution >= 0.6 is 11.8 Å². The Kier molecular flexibility index (Phi) is 3.37. The van der Waals surface area contributed by atoms with E-state index in [4.69, 9.17) is 5.73 Å². The van der Waals surface area contributed by atoms with Gasteiger partial charge < -0.3 is 5.73 Å². The van der Waals surface area contributed by atoms with Gasteiger partial charge in [-0.25, -0.2) is 0 Å². The molecule has 0 spiro atoms. The second-order valence-corrected chi connectivity index (χ2v) is 5.47. The Morgan fingerprint density at radius 2 is 2.20 bits per heavy atom. The molecule has 0 amide bonds. The molecule has 0 aliphatic heterocycles. The lowest BCUT2D eigenvalue weighted by atomic mass is 9.65. The van der Waals surface area contributed by atoms with E-state index in [9.17, 15) is 0 Å². The van der Waals surface area contributed by atoms with Gasteiger partial charge in [0.15, 0.2) is 0 Å². The lowest BCUT2D eigenvalue weighted by molar-refractivity contribution is 0.145. The molecule has 2 N–H and O–H groups in total. The van der Waals surface area contributed by atoms with Gasteiger partial charge in [-0.1, -0.05) is 18.6 Å². The number of thioether (sulfide) groups is 1. The smallest absolute Gasteiger partial charge is 0.00718 e. The van der Waals surface area contributed by atoms with Crippen LogP contribution in [0.3, 0.4) is 0 Å². The fraction of sp³-hybridized carbons (Fsp3) is 0.538. The highest BCUT2D eigenvalue weighted by Gasteiger charge is 2.35. The molecule has 0 aromatic heterocycles. The van der Waals surface area contributed by atoms with E-state index in [1.807, 2.05) is 11.8 Å². The first-order valence-corrected chi connectivity index (χ1v) is 6.83. The summed E-state index contributed by atoms with van der Waals surface area (Å²) in [5.41, 5.74) is 7.76. The van der Waals surface area contributed by atoms with Crippen molar-refractivity contribution >= 4 is 11.8 Å². The molecule has 1 fully saturated rings. The van der Waals surface area contributed by atoms with E-state index in [0.29, 0.717) is 5.41 Å². The Bertz CT molecular complexity index is 326. The second kappa shape index (κ2) is 4.58. The summed E-state index contributed by atoms with van der Waals surface area (Å²) in [5, 5.41) is 0. The van der Waals surface area contributed by atoms with Gasteiger partial charge in [-0.05, 0) is 55.2 Å². The maximum Gasteiger partial charge on any atom is 0.00718 e. The topological polar surface area (TPSA) is 26.0 Å². The minimum Gasteiger partial charge on any atom is -0.330 e. The summed E-state index contributed by atoms with van der Waals surface area (Å²) in [5.74, 6) is 0. The maximum atomic E-state index is 5.88. The number of rotatable bonds is 4. The molecule has 15 heavy (non-hydrogen) atoms. The maximum absolute atomic E-state index is 5.88. The molecule has 1 aliphatic carbocycles. The van der Waals surface area contributed by atoms with Crippen molar-refractivity contribution < 1.29 is 0 Å². The molecule has 1 aliphatic rings. The van der Waals surface area contributed by atoms with Crippen molar-refractivity contribution in [1.29, 1.82) is 0 Å². The first kappa shape index (κ1) is 11.0. The summed E-state index contributed by atoms with van der Waals surface area (Å²) in [4.78, 5) is 1.36. The van der Waals surface area contributed by atoms with Gasteiger partial charge in [-0.15, -0.1) is 11.8 Å². The number of benzene rings is 1. The van der Waals surface area contributed by atoms with E-state index >= 15 is 0 Å². The summed E-state index contributed by atoms with van der Waals surface area (Å²) >= 11 is 1.81. The van der Waals surface area contributed by atoms with Gasteiger partial charge in [0.1, 0.15) is 0 Å². The second-order valence-electron chi connectivity index (χ2n) is 4.59. The quantitative estimate of drug-likeness (QED) is 0.791. The van der Waals surface area contributed by atoms with Gasteiger partial charge in [-0.3, -0.25) is 0 Å². The van der Waals surface area contributed by atoms with Gasteiger partial charge in [0.2, 0.25) is 0 Å². The Hall–Kier alpha value is -0.470. The zero-order valence-electron chi connectivity index (χ0n) is 9.33. The van der Waals surface area contributed by atoms with Gasteiger partial charge in [0.25, 0.3) is 0 Å². The zero-order chi connectivity index (χ0) is 10.7. The molecular formula is C13H19NS. The largest absolute Gasteiger partial charge is 0.330 e. The van der Waals surface area contributed by atoms with Crippen molar-refractivity contribution in [2.75, 3.05) is 12.8 Å². The fourth-order valence-electron chi connectivity index (χ4n) is 2.35. The summed E-state index contributed by atoms with van der Waals surface area (Å²) in [6.07, 6.45) is 7.28. The van der Waals surface area contributed by atoms with Gasteiger partial charge in [0.05, 0.1) is 0 Å². The van der Waals surface area contributed by atoms with Crippen LogP contribution in [0, 0.1) is 5.41 Å². The Labute approximate surface area is 96.4 Å². The highest BCUT2D eigenvalue weighted by molar-refractivity contribution is 7.98. The van der Waals surface area contributed by atoms with Crippen molar-refractivity contribution in [1.82, 2.24) is 0 Å². The molecular weight excluding hydrogens is 202 g/mol. The predicted octanol–water partition coefficient (Wildman–Crippen LogP) is 3.08. The fourth-order valence-corrected chi connectivity index (χ4v) is 2.83. The van der Waals surface area contributed by atoms with Crippen molar-refractivity contribution in [2.24, 2.45) is 11.1 Å². The standard InChI is InChI=1S/C13H19NS/c1-15-12-5-2-4-11(8-12)9-13(10-14)6-3-7-13/h2,4-5,8H,3,6-7,9-10,14H2,1H3. The zero-order valence-corrected chi connectivity index (χ0v) is 10.1. The van der Waals surface area contributed by atoms with Crippen LogP contribution in [0.15, 0.2) is 29.2 Å². The Balaban J connectivity index is 2.09.